The molecule has 3 heteroatoms. The molecule has 1 aliphatic carbocycles. The van der Waals surface area contributed by atoms with E-state index in [0.29, 0.717) is 0 Å². The van der Waals surface area contributed by atoms with Gasteiger partial charge >= 0.3 is 0 Å². The molecule has 2 aliphatic rings. The molecule has 0 radical (unpaired) electrons. The molecule has 2 fully saturated rings. The van der Waals surface area contributed by atoms with Crippen LogP contribution in [0.4, 0.5) is 0 Å². The van der Waals surface area contributed by atoms with Crippen molar-refractivity contribution in [3.63, 3.8) is 0 Å². The summed E-state index contributed by atoms with van der Waals surface area (Å²) >= 11 is 0. The van der Waals surface area contributed by atoms with Crippen LogP contribution in [0.3, 0.4) is 0 Å². The molecule has 94 valence electrons. The quantitative estimate of drug-likeness (QED) is 0.855. The fraction of sp³-hybridized carbons (Fsp3) is 0.714. The van der Waals surface area contributed by atoms with Gasteiger partial charge in [0.15, 0.2) is 0 Å². The molecular weight excluding hydrogens is 210 g/mol. The minimum Gasteiger partial charge on any atom is -0.357 e. The standard InChI is InChI=1S/C14H23N3/c1-16-7-4-12(11-16)10-15-13-5-8-17(9-6-13)14-2-3-14/h4,7,11,13-15H,2-3,5-6,8-10H2,1H3. The maximum Gasteiger partial charge on any atom is 0.0223 e. The molecule has 0 atom stereocenters. The lowest BCUT2D eigenvalue weighted by Crippen LogP contribution is -2.43. The third-order valence-electron chi connectivity index (χ3n) is 4.08. The smallest absolute Gasteiger partial charge is 0.0223 e. The first-order valence-electron chi connectivity index (χ1n) is 6.89. The Labute approximate surface area is 104 Å². The third kappa shape index (κ3) is 2.90. The van der Waals surface area contributed by atoms with E-state index in [4.69, 9.17) is 0 Å². The Hall–Kier alpha value is -0.800. The van der Waals surface area contributed by atoms with Gasteiger partial charge in [-0.15, -0.1) is 0 Å². The molecule has 0 aromatic carbocycles. The second-order valence-corrected chi connectivity index (χ2v) is 5.61. The number of hydrogen-bond donors (Lipinski definition) is 1. The van der Waals surface area contributed by atoms with Gasteiger partial charge < -0.3 is 14.8 Å². The van der Waals surface area contributed by atoms with Crippen molar-refractivity contribution in [2.24, 2.45) is 7.05 Å². The van der Waals surface area contributed by atoms with E-state index in [1.165, 1.54) is 44.3 Å². The highest BCUT2D eigenvalue weighted by molar-refractivity contribution is 5.09. The predicted octanol–water partition coefficient (Wildman–Crippen LogP) is 1.74. The zero-order valence-corrected chi connectivity index (χ0v) is 10.7. The molecule has 0 amide bonds. The molecule has 1 aromatic rings. The van der Waals surface area contributed by atoms with Crippen molar-refractivity contribution in [2.45, 2.75) is 44.3 Å². The Balaban J connectivity index is 1.41. The van der Waals surface area contributed by atoms with Crippen LogP contribution in [0.15, 0.2) is 18.5 Å². The number of piperidine rings is 1. The van der Waals surface area contributed by atoms with E-state index < -0.39 is 0 Å². The van der Waals surface area contributed by atoms with E-state index in [-0.39, 0.29) is 0 Å². The zero-order chi connectivity index (χ0) is 11.7. The lowest BCUT2D eigenvalue weighted by atomic mass is 10.0. The molecule has 1 aromatic heterocycles. The van der Waals surface area contributed by atoms with Crippen molar-refractivity contribution in [2.75, 3.05) is 13.1 Å². The van der Waals surface area contributed by atoms with Crippen LogP contribution in [0, 0.1) is 0 Å². The molecule has 0 bridgehead atoms. The van der Waals surface area contributed by atoms with Gasteiger partial charge in [0, 0.05) is 38.1 Å². The van der Waals surface area contributed by atoms with Gasteiger partial charge in [0.05, 0.1) is 0 Å². The van der Waals surface area contributed by atoms with E-state index in [9.17, 15) is 0 Å². The molecule has 3 rings (SSSR count). The number of aromatic nitrogens is 1. The molecular formula is C14H23N3. The Morgan fingerprint density at radius 1 is 1.24 bits per heavy atom. The molecule has 2 heterocycles. The van der Waals surface area contributed by atoms with Gasteiger partial charge in [0.1, 0.15) is 0 Å². The van der Waals surface area contributed by atoms with E-state index >= 15 is 0 Å². The third-order valence-corrected chi connectivity index (χ3v) is 4.08. The van der Waals surface area contributed by atoms with Gasteiger partial charge in [0.2, 0.25) is 0 Å². The van der Waals surface area contributed by atoms with Gasteiger partial charge in [-0.25, -0.2) is 0 Å². The van der Waals surface area contributed by atoms with E-state index in [2.05, 4.69) is 40.3 Å². The predicted molar refractivity (Wildman–Crippen MR) is 69.9 cm³/mol. The highest BCUT2D eigenvalue weighted by Crippen LogP contribution is 2.29. The Morgan fingerprint density at radius 3 is 2.59 bits per heavy atom. The average molecular weight is 233 g/mol. The van der Waals surface area contributed by atoms with Crippen molar-refractivity contribution in [3.8, 4) is 0 Å². The van der Waals surface area contributed by atoms with Crippen LogP contribution < -0.4 is 5.32 Å². The maximum atomic E-state index is 3.69. The largest absolute Gasteiger partial charge is 0.357 e. The molecule has 0 unspecified atom stereocenters. The molecule has 1 aliphatic heterocycles. The average Bonchev–Trinajstić information content (AvgIpc) is 3.11. The monoisotopic (exact) mass is 233 g/mol. The first-order valence-corrected chi connectivity index (χ1v) is 6.89. The fourth-order valence-electron chi connectivity index (χ4n) is 2.84. The normalized spacial score (nSPS) is 23.1. The van der Waals surface area contributed by atoms with Crippen LogP contribution in [-0.2, 0) is 13.6 Å². The summed E-state index contributed by atoms with van der Waals surface area (Å²) in [6.45, 7) is 3.63. The highest BCUT2D eigenvalue weighted by Gasteiger charge is 2.31. The zero-order valence-electron chi connectivity index (χ0n) is 10.7. The van der Waals surface area contributed by atoms with Gasteiger partial charge in [-0.2, -0.15) is 0 Å². The summed E-state index contributed by atoms with van der Waals surface area (Å²) in [5.41, 5.74) is 1.40. The number of likely N-dealkylation sites (tertiary alicyclic amines) is 1. The van der Waals surface area contributed by atoms with Gasteiger partial charge in [-0.05, 0) is 50.4 Å². The van der Waals surface area contributed by atoms with Crippen LogP contribution in [0.25, 0.3) is 0 Å². The highest BCUT2D eigenvalue weighted by atomic mass is 15.2. The van der Waals surface area contributed by atoms with Crippen LogP contribution in [0.5, 0.6) is 0 Å². The number of hydrogen-bond acceptors (Lipinski definition) is 2. The summed E-state index contributed by atoms with van der Waals surface area (Å²) in [4.78, 5) is 2.68. The number of rotatable bonds is 4. The van der Waals surface area contributed by atoms with Crippen molar-refractivity contribution in [1.29, 1.82) is 0 Å². The van der Waals surface area contributed by atoms with Crippen LogP contribution in [-0.4, -0.2) is 34.6 Å². The summed E-state index contributed by atoms with van der Waals surface area (Å²) in [7, 11) is 2.08. The molecule has 17 heavy (non-hydrogen) atoms. The summed E-state index contributed by atoms with van der Waals surface area (Å²) in [6.07, 6.45) is 9.86. The lowest BCUT2D eigenvalue weighted by molar-refractivity contribution is 0.189. The van der Waals surface area contributed by atoms with Gasteiger partial charge in [0.25, 0.3) is 0 Å². The summed E-state index contributed by atoms with van der Waals surface area (Å²) in [5, 5.41) is 3.69. The molecule has 1 N–H and O–H groups in total. The Bertz CT molecular complexity index is 359. The van der Waals surface area contributed by atoms with Gasteiger partial charge in [-0.1, -0.05) is 0 Å². The second kappa shape index (κ2) is 4.83. The number of nitrogens with one attached hydrogen (secondary N) is 1. The summed E-state index contributed by atoms with van der Waals surface area (Å²) in [6, 6.07) is 3.88. The Kier molecular flexibility index (Phi) is 3.21. The van der Waals surface area contributed by atoms with Crippen molar-refractivity contribution < 1.29 is 0 Å². The SMILES string of the molecule is Cn1ccc(CNC2CCN(C3CC3)CC2)c1. The minimum atomic E-state index is 0.727. The number of nitrogens with zero attached hydrogens (tertiary/aromatic N) is 2. The molecule has 1 saturated carbocycles. The van der Waals surface area contributed by atoms with E-state index in [1.807, 2.05) is 0 Å². The summed E-state index contributed by atoms with van der Waals surface area (Å²) in [5.74, 6) is 0. The summed E-state index contributed by atoms with van der Waals surface area (Å²) < 4.78 is 2.12. The Morgan fingerprint density at radius 2 is 2.00 bits per heavy atom. The van der Waals surface area contributed by atoms with Crippen LogP contribution in [0.1, 0.15) is 31.2 Å². The van der Waals surface area contributed by atoms with Crippen LogP contribution >= 0.6 is 0 Å². The molecule has 0 spiro atoms. The topological polar surface area (TPSA) is 20.2 Å². The first-order chi connectivity index (χ1) is 8.31. The fourth-order valence-corrected chi connectivity index (χ4v) is 2.84. The van der Waals surface area contributed by atoms with Crippen molar-refractivity contribution in [3.05, 3.63) is 24.0 Å². The second-order valence-electron chi connectivity index (χ2n) is 5.61. The van der Waals surface area contributed by atoms with E-state index in [1.54, 1.807) is 0 Å². The molecule has 3 nitrogen and oxygen atoms in total. The first kappa shape index (κ1) is 11.3. The number of aryl methyl sites for hydroxylation is 1. The van der Waals surface area contributed by atoms with E-state index in [0.717, 1.165) is 18.6 Å². The van der Waals surface area contributed by atoms with Crippen molar-refractivity contribution >= 4 is 0 Å². The lowest BCUT2D eigenvalue weighted by Gasteiger charge is -2.32. The van der Waals surface area contributed by atoms with Crippen LogP contribution in [0.2, 0.25) is 0 Å². The molecule has 1 saturated heterocycles. The van der Waals surface area contributed by atoms with Crippen molar-refractivity contribution in [1.82, 2.24) is 14.8 Å². The minimum absolute atomic E-state index is 0.727. The maximum absolute atomic E-state index is 3.69. The van der Waals surface area contributed by atoms with Gasteiger partial charge in [-0.3, -0.25) is 0 Å².